The molecule has 0 radical (unpaired) electrons. The van der Waals surface area contributed by atoms with E-state index in [1.807, 2.05) is 61.1 Å². The van der Waals surface area contributed by atoms with E-state index in [-0.39, 0.29) is 28.8 Å². The summed E-state index contributed by atoms with van der Waals surface area (Å²) in [5.74, 6) is -0.0748. The minimum Gasteiger partial charge on any atom is -0.342 e. The number of thioether (sulfide) groups is 1. The maximum atomic E-state index is 12.9. The second kappa shape index (κ2) is 12.6. The van der Waals surface area contributed by atoms with E-state index in [0.29, 0.717) is 22.7 Å². The normalized spacial score (nSPS) is 11.8. The Kier molecular flexibility index (Phi) is 9.04. The first-order valence-electron chi connectivity index (χ1n) is 12.2. The summed E-state index contributed by atoms with van der Waals surface area (Å²) in [6.45, 7) is 6.32. The van der Waals surface area contributed by atoms with Gasteiger partial charge in [0, 0.05) is 35.2 Å². The number of hydrogen-bond acceptors (Lipinski definition) is 9. The second-order valence-corrected chi connectivity index (χ2v) is 10.6. The lowest BCUT2D eigenvalue weighted by Crippen LogP contribution is -2.33. The molecule has 11 nitrogen and oxygen atoms in total. The zero-order valence-electron chi connectivity index (χ0n) is 21.5. The van der Waals surface area contributed by atoms with Crippen LogP contribution in [-0.4, -0.2) is 42.2 Å². The SMILES string of the molecule is CCn1c(SCC(=O)Nc2nc(-c3ccccc3)cs2)nnc1[C@H](NC(=O)c1cccc([N+](=O)[O-])c1)C(C)C. The van der Waals surface area contributed by atoms with Crippen LogP contribution in [0.5, 0.6) is 0 Å². The molecule has 1 atom stereocenters. The van der Waals surface area contributed by atoms with Crippen LogP contribution < -0.4 is 10.6 Å². The molecule has 0 saturated heterocycles. The van der Waals surface area contributed by atoms with Gasteiger partial charge in [0.25, 0.3) is 11.6 Å². The third-order valence-corrected chi connectivity index (χ3v) is 7.49. The molecule has 2 heterocycles. The lowest BCUT2D eigenvalue weighted by atomic mass is 10.0. The summed E-state index contributed by atoms with van der Waals surface area (Å²) in [6.07, 6.45) is 0. The van der Waals surface area contributed by atoms with E-state index in [0.717, 1.165) is 11.3 Å². The van der Waals surface area contributed by atoms with Crippen LogP contribution in [0.3, 0.4) is 0 Å². The fraction of sp³-hybridized carbons (Fsp3) is 0.269. The number of anilines is 1. The maximum absolute atomic E-state index is 12.9. The molecule has 2 N–H and O–H groups in total. The summed E-state index contributed by atoms with van der Waals surface area (Å²) < 4.78 is 1.85. The third kappa shape index (κ3) is 6.86. The summed E-state index contributed by atoms with van der Waals surface area (Å²) in [4.78, 5) is 40.6. The van der Waals surface area contributed by atoms with Gasteiger partial charge in [-0.25, -0.2) is 4.98 Å². The van der Waals surface area contributed by atoms with Gasteiger partial charge in [-0.1, -0.05) is 62.0 Å². The zero-order valence-corrected chi connectivity index (χ0v) is 23.2. The molecule has 202 valence electrons. The second-order valence-electron chi connectivity index (χ2n) is 8.83. The first-order chi connectivity index (χ1) is 18.8. The largest absolute Gasteiger partial charge is 0.342 e. The van der Waals surface area contributed by atoms with Gasteiger partial charge in [-0.15, -0.1) is 21.5 Å². The number of nitro benzene ring substituents is 1. The monoisotopic (exact) mass is 565 g/mol. The van der Waals surface area contributed by atoms with Gasteiger partial charge < -0.3 is 15.2 Å². The minimum absolute atomic E-state index is 0.0491. The van der Waals surface area contributed by atoms with E-state index in [1.165, 1.54) is 47.4 Å². The van der Waals surface area contributed by atoms with E-state index in [1.54, 1.807) is 0 Å². The number of hydrogen-bond donors (Lipinski definition) is 2. The Morgan fingerprint density at radius 1 is 1.13 bits per heavy atom. The smallest absolute Gasteiger partial charge is 0.270 e. The van der Waals surface area contributed by atoms with Gasteiger partial charge in [-0.3, -0.25) is 19.7 Å². The molecule has 0 unspecified atom stereocenters. The van der Waals surface area contributed by atoms with Crippen molar-refractivity contribution in [2.75, 3.05) is 11.1 Å². The van der Waals surface area contributed by atoms with Gasteiger partial charge in [0.15, 0.2) is 16.1 Å². The minimum atomic E-state index is -0.541. The standard InChI is InChI=1S/C26H27N7O4S2/c1-4-32-23(22(16(2)3)29-24(35)18-11-8-12-19(13-18)33(36)37)30-31-26(32)39-15-21(34)28-25-27-20(14-38-25)17-9-6-5-7-10-17/h5-14,16,22H,4,15H2,1-3H3,(H,29,35)(H,27,28,34)/t22-/m1/s1. The molecule has 39 heavy (non-hydrogen) atoms. The van der Waals surface area contributed by atoms with Gasteiger partial charge in [0.05, 0.1) is 22.4 Å². The number of aromatic nitrogens is 4. The number of amides is 2. The van der Waals surface area contributed by atoms with Crippen LogP contribution in [-0.2, 0) is 11.3 Å². The summed E-state index contributed by atoms with van der Waals surface area (Å²) in [5.41, 5.74) is 1.79. The average molecular weight is 566 g/mol. The molecule has 2 amide bonds. The van der Waals surface area contributed by atoms with E-state index in [2.05, 4.69) is 25.8 Å². The Balaban J connectivity index is 1.42. The van der Waals surface area contributed by atoms with Crippen molar-refractivity contribution in [3.8, 4) is 11.3 Å². The fourth-order valence-electron chi connectivity index (χ4n) is 3.81. The summed E-state index contributed by atoms with van der Waals surface area (Å²) in [7, 11) is 0. The highest BCUT2D eigenvalue weighted by Crippen LogP contribution is 2.27. The predicted octanol–water partition coefficient (Wildman–Crippen LogP) is 5.19. The molecule has 0 aliphatic carbocycles. The summed E-state index contributed by atoms with van der Waals surface area (Å²) in [5, 5.41) is 28.4. The Bertz CT molecular complexity index is 1470. The first-order valence-corrected chi connectivity index (χ1v) is 14.0. The highest BCUT2D eigenvalue weighted by Gasteiger charge is 2.27. The van der Waals surface area contributed by atoms with Crippen molar-refractivity contribution in [1.82, 2.24) is 25.1 Å². The molecule has 4 rings (SSSR count). The van der Waals surface area contributed by atoms with Crippen molar-refractivity contribution in [3.05, 3.63) is 81.5 Å². The number of nitrogens with one attached hydrogen (secondary N) is 2. The molecule has 4 aromatic rings. The van der Waals surface area contributed by atoms with Crippen LogP contribution in [0.2, 0.25) is 0 Å². The third-order valence-electron chi connectivity index (χ3n) is 5.76. The molecule has 0 spiro atoms. The van der Waals surface area contributed by atoms with E-state index in [4.69, 9.17) is 0 Å². The van der Waals surface area contributed by atoms with E-state index >= 15 is 0 Å². The number of non-ortho nitro benzene ring substituents is 1. The highest BCUT2D eigenvalue weighted by molar-refractivity contribution is 7.99. The van der Waals surface area contributed by atoms with Crippen LogP contribution >= 0.6 is 23.1 Å². The van der Waals surface area contributed by atoms with Gasteiger partial charge in [0.1, 0.15) is 0 Å². The fourth-order valence-corrected chi connectivity index (χ4v) is 5.35. The molecule has 0 saturated carbocycles. The van der Waals surface area contributed by atoms with Crippen molar-refractivity contribution in [2.24, 2.45) is 5.92 Å². The van der Waals surface area contributed by atoms with Crippen LogP contribution in [0, 0.1) is 16.0 Å². The molecule has 0 bridgehead atoms. The number of thiazole rings is 1. The molecule has 2 aromatic heterocycles. The zero-order chi connectivity index (χ0) is 27.9. The predicted molar refractivity (Wildman–Crippen MR) is 151 cm³/mol. The Hall–Kier alpha value is -4.10. The van der Waals surface area contributed by atoms with Crippen molar-refractivity contribution >= 4 is 45.7 Å². The lowest BCUT2D eigenvalue weighted by molar-refractivity contribution is -0.384. The molecular formula is C26H27N7O4S2. The first kappa shape index (κ1) is 27.9. The maximum Gasteiger partial charge on any atom is 0.270 e. The number of nitro groups is 1. The van der Waals surface area contributed by atoms with Crippen LogP contribution in [0.15, 0.2) is 65.1 Å². The number of benzene rings is 2. The quantitative estimate of drug-likeness (QED) is 0.144. The van der Waals surface area contributed by atoms with Gasteiger partial charge >= 0.3 is 0 Å². The summed E-state index contributed by atoms with van der Waals surface area (Å²) in [6, 6.07) is 14.8. The molecule has 2 aromatic carbocycles. The van der Waals surface area contributed by atoms with Crippen molar-refractivity contribution in [2.45, 2.75) is 38.5 Å². The van der Waals surface area contributed by atoms with E-state index in [9.17, 15) is 19.7 Å². The molecule has 0 aliphatic heterocycles. The number of carbonyl (C=O) groups excluding carboxylic acids is 2. The van der Waals surface area contributed by atoms with Crippen LogP contribution in [0.25, 0.3) is 11.3 Å². The van der Waals surface area contributed by atoms with Crippen molar-refractivity contribution in [1.29, 1.82) is 0 Å². The van der Waals surface area contributed by atoms with Gasteiger partial charge in [-0.2, -0.15) is 0 Å². The average Bonchev–Trinajstić information content (AvgIpc) is 3.57. The summed E-state index contributed by atoms with van der Waals surface area (Å²) >= 11 is 2.60. The number of rotatable bonds is 11. The van der Waals surface area contributed by atoms with Crippen molar-refractivity contribution in [3.63, 3.8) is 0 Å². The van der Waals surface area contributed by atoms with Gasteiger partial charge in [-0.05, 0) is 18.9 Å². The van der Waals surface area contributed by atoms with Crippen LogP contribution in [0.1, 0.15) is 43.0 Å². The highest BCUT2D eigenvalue weighted by atomic mass is 32.2. The molecule has 0 aliphatic rings. The van der Waals surface area contributed by atoms with Gasteiger partial charge in [0.2, 0.25) is 5.91 Å². The Morgan fingerprint density at radius 2 is 1.90 bits per heavy atom. The molecule has 0 fully saturated rings. The Morgan fingerprint density at radius 3 is 2.59 bits per heavy atom. The van der Waals surface area contributed by atoms with Crippen LogP contribution in [0.4, 0.5) is 10.8 Å². The molecular weight excluding hydrogens is 538 g/mol. The number of nitrogens with zero attached hydrogens (tertiary/aromatic N) is 5. The number of carbonyl (C=O) groups is 2. The Labute approximate surface area is 233 Å². The lowest BCUT2D eigenvalue weighted by Gasteiger charge is -2.22. The van der Waals surface area contributed by atoms with Crippen molar-refractivity contribution < 1.29 is 14.5 Å². The topological polar surface area (TPSA) is 145 Å². The van der Waals surface area contributed by atoms with E-state index < -0.39 is 16.9 Å². The molecule has 13 heteroatoms.